The Labute approximate surface area is 117 Å². The fourth-order valence-electron chi connectivity index (χ4n) is 1.90. The van der Waals surface area contributed by atoms with Gasteiger partial charge in [0.1, 0.15) is 6.61 Å². The smallest absolute Gasteiger partial charge is 0.338 e. The second kappa shape index (κ2) is 5.65. The van der Waals surface area contributed by atoms with Crippen molar-refractivity contribution in [1.82, 2.24) is 0 Å². The number of carbonyl (C=O) groups excluding carboxylic acids is 1. The summed E-state index contributed by atoms with van der Waals surface area (Å²) in [6, 6.07) is 10.6. The molecule has 0 radical (unpaired) electrons. The molecule has 20 heavy (non-hydrogen) atoms. The Bertz CT molecular complexity index is 633. The van der Waals surface area contributed by atoms with Crippen molar-refractivity contribution in [3.63, 3.8) is 0 Å². The molecule has 2 N–H and O–H groups in total. The summed E-state index contributed by atoms with van der Waals surface area (Å²) >= 11 is 0. The van der Waals surface area contributed by atoms with Gasteiger partial charge >= 0.3 is 5.97 Å². The number of phenolic OH excluding ortho intramolecular Hbond substituents is 2. The maximum Gasteiger partial charge on any atom is 0.338 e. The highest BCUT2D eigenvalue weighted by Crippen LogP contribution is 2.33. The molecule has 0 heterocycles. The highest BCUT2D eigenvalue weighted by Gasteiger charge is 2.17. The molecular weight excluding hydrogens is 256 g/mol. The highest BCUT2D eigenvalue weighted by molar-refractivity contribution is 5.92. The van der Waals surface area contributed by atoms with Crippen LogP contribution in [0.2, 0.25) is 0 Å². The molecule has 0 amide bonds. The van der Waals surface area contributed by atoms with Crippen LogP contribution in [0.25, 0.3) is 0 Å². The third-order valence-corrected chi connectivity index (χ3v) is 3.28. The van der Waals surface area contributed by atoms with E-state index in [0.29, 0.717) is 11.1 Å². The molecule has 0 saturated carbocycles. The van der Waals surface area contributed by atoms with Gasteiger partial charge in [-0.2, -0.15) is 0 Å². The lowest BCUT2D eigenvalue weighted by Crippen LogP contribution is -2.08. The summed E-state index contributed by atoms with van der Waals surface area (Å²) in [5.74, 6) is -1.05. The van der Waals surface area contributed by atoms with Crippen LogP contribution < -0.4 is 0 Å². The van der Waals surface area contributed by atoms with E-state index in [1.807, 2.05) is 30.3 Å². The average Bonchev–Trinajstić information content (AvgIpc) is 2.47. The minimum atomic E-state index is -0.523. The molecule has 0 spiro atoms. The van der Waals surface area contributed by atoms with Gasteiger partial charge in [-0.05, 0) is 36.6 Å². The van der Waals surface area contributed by atoms with Gasteiger partial charge in [0.25, 0.3) is 0 Å². The minimum absolute atomic E-state index is 0.166. The summed E-state index contributed by atoms with van der Waals surface area (Å²) in [7, 11) is 0. The summed E-state index contributed by atoms with van der Waals surface area (Å²) in [4.78, 5) is 12.0. The molecule has 0 aromatic heterocycles. The molecule has 104 valence electrons. The zero-order valence-electron chi connectivity index (χ0n) is 11.4. The summed E-state index contributed by atoms with van der Waals surface area (Å²) in [6.45, 7) is 3.51. The first kappa shape index (κ1) is 13.9. The van der Waals surface area contributed by atoms with Crippen LogP contribution in [0.3, 0.4) is 0 Å². The number of benzene rings is 2. The number of aromatic hydroxyl groups is 2. The quantitative estimate of drug-likeness (QED) is 0.665. The molecule has 0 atom stereocenters. The van der Waals surface area contributed by atoms with E-state index in [2.05, 4.69) is 0 Å². The molecule has 2 aromatic carbocycles. The lowest BCUT2D eigenvalue weighted by molar-refractivity contribution is 0.0471. The Hall–Kier alpha value is -2.49. The lowest BCUT2D eigenvalue weighted by atomic mass is 10.0. The summed E-state index contributed by atoms with van der Waals surface area (Å²) in [5, 5.41) is 19.2. The van der Waals surface area contributed by atoms with Gasteiger partial charge in [0.2, 0.25) is 0 Å². The fraction of sp³-hybridized carbons (Fsp3) is 0.188. The van der Waals surface area contributed by atoms with Gasteiger partial charge in [-0.25, -0.2) is 4.79 Å². The first-order valence-electron chi connectivity index (χ1n) is 6.24. The van der Waals surface area contributed by atoms with Gasteiger partial charge in [0.05, 0.1) is 5.56 Å². The molecule has 0 saturated heterocycles. The second-order valence-electron chi connectivity index (χ2n) is 4.60. The molecule has 0 aliphatic carbocycles. The van der Waals surface area contributed by atoms with E-state index in [0.717, 1.165) is 5.56 Å². The van der Waals surface area contributed by atoms with Crippen molar-refractivity contribution in [2.24, 2.45) is 0 Å². The minimum Gasteiger partial charge on any atom is -0.504 e. The van der Waals surface area contributed by atoms with Crippen LogP contribution in [0.4, 0.5) is 0 Å². The van der Waals surface area contributed by atoms with Gasteiger partial charge in [-0.1, -0.05) is 30.3 Å². The summed E-state index contributed by atoms with van der Waals surface area (Å²) < 4.78 is 5.21. The number of rotatable bonds is 3. The normalized spacial score (nSPS) is 10.3. The van der Waals surface area contributed by atoms with Crippen molar-refractivity contribution in [3.05, 3.63) is 58.7 Å². The predicted octanol–water partition coefficient (Wildman–Crippen LogP) is 3.07. The van der Waals surface area contributed by atoms with E-state index in [9.17, 15) is 15.0 Å². The van der Waals surface area contributed by atoms with Crippen LogP contribution in [-0.2, 0) is 11.3 Å². The molecule has 0 unspecified atom stereocenters. The van der Waals surface area contributed by atoms with Crippen molar-refractivity contribution in [2.45, 2.75) is 20.5 Å². The Morgan fingerprint density at radius 1 is 1.10 bits per heavy atom. The van der Waals surface area contributed by atoms with Crippen LogP contribution >= 0.6 is 0 Å². The van der Waals surface area contributed by atoms with Crippen LogP contribution in [0.1, 0.15) is 27.0 Å². The topological polar surface area (TPSA) is 66.8 Å². The van der Waals surface area contributed by atoms with Crippen LogP contribution in [0.15, 0.2) is 36.4 Å². The molecule has 0 fully saturated rings. The SMILES string of the molecule is Cc1c(C(=O)OCc2ccccc2)cc(O)c(O)c1C. The zero-order valence-corrected chi connectivity index (χ0v) is 11.4. The monoisotopic (exact) mass is 272 g/mol. The highest BCUT2D eigenvalue weighted by atomic mass is 16.5. The third kappa shape index (κ3) is 2.74. The first-order valence-corrected chi connectivity index (χ1v) is 6.24. The van der Waals surface area contributed by atoms with E-state index >= 15 is 0 Å². The summed E-state index contributed by atoms with van der Waals surface area (Å²) in [6.07, 6.45) is 0. The molecule has 4 heteroatoms. The molecule has 2 rings (SSSR count). The Balaban J connectivity index is 2.18. The molecule has 0 bridgehead atoms. The van der Waals surface area contributed by atoms with E-state index in [4.69, 9.17) is 4.74 Å². The number of phenols is 2. The van der Waals surface area contributed by atoms with Gasteiger partial charge in [-0.15, -0.1) is 0 Å². The van der Waals surface area contributed by atoms with E-state index in [1.165, 1.54) is 6.07 Å². The van der Waals surface area contributed by atoms with Gasteiger partial charge in [-0.3, -0.25) is 0 Å². The van der Waals surface area contributed by atoms with E-state index < -0.39 is 5.97 Å². The molecule has 0 aliphatic rings. The number of ether oxygens (including phenoxy) is 1. The standard InChI is InChI=1S/C16H16O4/c1-10-11(2)15(18)14(17)8-13(10)16(19)20-9-12-6-4-3-5-7-12/h3-8,17-18H,9H2,1-2H3. The van der Waals surface area contributed by atoms with Crippen LogP contribution in [-0.4, -0.2) is 16.2 Å². The molecular formula is C16H16O4. The molecule has 0 aliphatic heterocycles. The maximum absolute atomic E-state index is 12.0. The molecule has 4 nitrogen and oxygen atoms in total. The van der Waals surface area contributed by atoms with Crippen LogP contribution in [0, 0.1) is 13.8 Å². The van der Waals surface area contributed by atoms with E-state index in [-0.39, 0.29) is 23.7 Å². The van der Waals surface area contributed by atoms with Crippen molar-refractivity contribution in [3.8, 4) is 11.5 Å². The average molecular weight is 272 g/mol. The Kier molecular flexibility index (Phi) is 3.94. The van der Waals surface area contributed by atoms with Crippen molar-refractivity contribution in [2.75, 3.05) is 0 Å². The summed E-state index contributed by atoms with van der Waals surface area (Å²) in [5.41, 5.74) is 2.21. The fourth-order valence-corrected chi connectivity index (χ4v) is 1.90. The van der Waals surface area contributed by atoms with E-state index in [1.54, 1.807) is 13.8 Å². The first-order chi connectivity index (χ1) is 9.50. The zero-order chi connectivity index (χ0) is 14.7. The molecule has 2 aromatic rings. The Morgan fingerprint density at radius 2 is 1.75 bits per heavy atom. The number of carbonyl (C=O) groups is 1. The van der Waals surface area contributed by atoms with Crippen molar-refractivity contribution in [1.29, 1.82) is 0 Å². The van der Waals surface area contributed by atoms with Crippen LogP contribution in [0.5, 0.6) is 11.5 Å². The maximum atomic E-state index is 12.0. The van der Waals surface area contributed by atoms with Crippen molar-refractivity contribution < 1.29 is 19.7 Å². The number of hydrogen-bond donors (Lipinski definition) is 2. The van der Waals surface area contributed by atoms with Gasteiger partial charge < -0.3 is 14.9 Å². The Morgan fingerprint density at radius 3 is 2.40 bits per heavy atom. The number of esters is 1. The largest absolute Gasteiger partial charge is 0.504 e. The van der Waals surface area contributed by atoms with Gasteiger partial charge in [0.15, 0.2) is 11.5 Å². The van der Waals surface area contributed by atoms with Crippen molar-refractivity contribution >= 4 is 5.97 Å². The van der Waals surface area contributed by atoms with Gasteiger partial charge in [0, 0.05) is 0 Å². The number of hydrogen-bond acceptors (Lipinski definition) is 4. The lowest BCUT2D eigenvalue weighted by Gasteiger charge is -2.11. The second-order valence-corrected chi connectivity index (χ2v) is 4.60. The third-order valence-electron chi connectivity index (χ3n) is 3.28. The predicted molar refractivity (Wildman–Crippen MR) is 74.8 cm³/mol.